The summed E-state index contributed by atoms with van der Waals surface area (Å²) in [4.78, 5) is 0. The van der Waals surface area contributed by atoms with Gasteiger partial charge in [0.05, 0.1) is 6.61 Å². The van der Waals surface area contributed by atoms with Crippen LogP contribution >= 0.6 is 0 Å². The molecular formula is C8H18O2. The van der Waals surface area contributed by atoms with Crippen molar-refractivity contribution in [3.63, 3.8) is 0 Å². The van der Waals surface area contributed by atoms with Crippen molar-refractivity contribution in [2.75, 3.05) is 20.3 Å². The van der Waals surface area contributed by atoms with E-state index in [9.17, 15) is 0 Å². The molecule has 2 heteroatoms. The van der Waals surface area contributed by atoms with Gasteiger partial charge in [-0.3, -0.25) is 0 Å². The minimum Gasteiger partial charge on any atom is -0.396 e. The van der Waals surface area contributed by atoms with Gasteiger partial charge in [-0.05, 0) is 12.3 Å². The summed E-state index contributed by atoms with van der Waals surface area (Å²) in [5.74, 6) is 0.970. The Morgan fingerprint density at radius 1 is 1.40 bits per heavy atom. The van der Waals surface area contributed by atoms with Gasteiger partial charge in [-0.15, -0.1) is 0 Å². The van der Waals surface area contributed by atoms with Crippen molar-refractivity contribution in [2.45, 2.75) is 20.3 Å². The van der Waals surface area contributed by atoms with Crippen molar-refractivity contribution >= 4 is 0 Å². The molecule has 0 aliphatic heterocycles. The van der Waals surface area contributed by atoms with Crippen molar-refractivity contribution < 1.29 is 9.84 Å². The number of aliphatic hydroxyl groups is 1. The van der Waals surface area contributed by atoms with Crippen molar-refractivity contribution in [1.29, 1.82) is 0 Å². The maximum atomic E-state index is 8.83. The lowest BCUT2D eigenvalue weighted by Gasteiger charge is -2.14. The highest BCUT2D eigenvalue weighted by molar-refractivity contribution is 4.58. The number of hydrogen-bond donors (Lipinski definition) is 1. The molecule has 1 N–H and O–H groups in total. The molecule has 0 bridgehead atoms. The van der Waals surface area contributed by atoms with Gasteiger partial charge in [-0.2, -0.15) is 0 Å². The fourth-order valence-electron chi connectivity index (χ4n) is 1.10. The Balaban J connectivity index is 3.39. The Morgan fingerprint density at radius 2 is 2.00 bits per heavy atom. The van der Waals surface area contributed by atoms with Crippen LogP contribution in [-0.2, 0) is 4.74 Å². The van der Waals surface area contributed by atoms with Crippen LogP contribution in [-0.4, -0.2) is 25.4 Å². The molecule has 0 fully saturated rings. The second kappa shape index (κ2) is 5.69. The lowest BCUT2D eigenvalue weighted by Crippen LogP contribution is -2.14. The lowest BCUT2D eigenvalue weighted by atomic mass is 9.99. The minimum atomic E-state index is 0.242. The molecule has 0 rings (SSSR count). The van der Waals surface area contributed by atoms with Gasteiger partial charge in [0.2, 0.25) is 0 Å². The van der Waals surface area contributed by atoms with Crippen LogP contribution in [0.25, 0.3) is 0 Å². The summed E-state index contributed by atoms with van der Waals surface area (Å²) < 4.78 is 4.94. The molecule has 0 aromatic carbocycles. The standard InChI is InChI=1S/C8H18O2/c1-7(2)4-8(5-9)6-10-3/h7-9H,4-6H2,1-3H3/t8-/m1/s1. The SMILES string of the molecule is COC[C@@H](CO)CC(C)C. The van der Waals surface area contributed by atoms with Crippen LogP contribution in [0, 0.1) is 11.8 Å². The summed E-state index contributed by atoms with van der Waals surface area (Å²) in [6.45, 7) is 5.22. The molecule has 0 amide bonds. The van der Waals surface area contributed by atoms with E-state index in [1.54, 1.807) is 7.11 Å². The zero-order chi connectivity index (χ0) is 7.98. The average Bonchev–Trinajstić information content (AvgIpc) is 1.86. The summed E-state index contributed by atoms with van der Waals surface area (Å²) >= 11 is 0. The zero-order valence-corrected chi connectivity index (χ0v) is 7.13. The number of methoxy groups -OCH3 is 1. The van der Waals surface area contributed by atoms with Gasteiger partial charge >= 0.3 is 0 Å². The van der Waals surface area contributed by atoms with Crippen molar-refractivity contribution in [3.05, 3.63) is 0 Å². The Hall–Kier alpha value is -0.0800. The van der Waals surface area contributed by atoms with Crippen molar-refractivity contribution in [1.82, 2.24) is 0 Å². The summed E-state index contributed by atoms with van der Waals surface area (Å²) in [5.41, 5.74) is 0. The zero-order valence-electron chi connectivity index (χ0n) is 7.13. The van der Waals surface area contributed by atoms with Gasteiger partial charge in [0.15, 0.2) is 0 Å². The monoisotopic (exact) mass is 146 g/mol. The molecule has 0 heterocycles. The van der Waals surface area contributed by atoms with E-state index >= 15 is 0 Å². The van der Waals surface area contributed by atoms with Crippen LogP contribution in [0.3, 0.4) is 0 Å². The van der Waals surface area contributed by atoms with Crippen LogP contribution in [0.5, 0.6) is 0 Å². The normalized spacial score (nSPS) is 14.1. The topological polar surface area (TPSA) is 29.5 Å². The summed E-state index contributed by atoms with van der Waals surface area (Å²) in [7, 11) is 1.67. The third-order valence-electron chi connectivity index (χ3n) is 1.47. The first-order chi connectivity index (χ1) is 4.70. The molecule has 0 saturated heterocycles. The average molecular weight is 146 g/mol. The van der Waals surface area contributed by atoms with E-state index < -0.39 is 0 Å². The second-order valence-corrected chi connectivity index (χ2v) is 3.13. The molecule has 0 spiro atoms. The largest absolute Gasteiger partial charge is 0.396 e. The molecule has 2 nitrogen and oxygen atoms in total. The number of hydrogen-bond acceptors (Lipinski definition) is 2. The van der Waals surface area contributed by atoms with Gasteiger partial charge in [0, 0.05) is 19.6 Å². The first kappa shape index (κ1) is 9.92. The fraction of sp³-hybridized carbons (Fsp3) is 1.00. The van der Waals surface area contributed by atoms with Crippen LogP contribution in [0.2, 0.25) is 0 Å². The second-order valence-electron chi connectivity index (χ2n) is 3.13. The predicted octanol–water partition coefficient (Wildman–Crippen LogP) is 1.29. The first-order valence-electron chi connectivity index (χ1n) is 3.80. The van der Waals surface area contributed by atoms with Crippen molar-refractivity contribution in [2.24, 2.45) is 11.8 Å². The van der Waals surface area contributed by atoms with E-state index in [0.29, 0.717) is 18.4 Å². The summed E-state index contributed by atoms with van der Waals surface area (Å²) in [6.07, 6.45) is 1.05. The summed E-state index contributed by atoms with van der Waals surface area (Å²) in [6, 6.07) is 0. The highest BCUT2D eigenvalue weighted by Gasteiger charge is 2.08. The highest BCUT2D eigenvalue weighted by atomic mass is 16.5. The van der Waals surface area contributed by atoms with E-state index in [2.05, 4.69) is 13.8 Å². The van der Waals surface area contributed by atoms with E-state index in [1.807, 2.05) is 0 Å². The molecule has 0 unspecified atom stereocenters. The van der Waals surface area contributed by atoms with Gasteiger partial charge in [-0.25, -0.2) is 0 Å². The Morgan fingerprint density at radius 3 is 2.30 bits per heavy atom. The van der Waals surface area contributed by atoms with Gasteiger partial charge in [0.1, 0.15) is 0 Å². The van der Waals surface area contributed by atoms with Crippen LogP contribution in [0.4, 0.5) is 0 Å². The van der Waals surface area contributed by atoms with Crippen LogP contribution in [0.1, 0.15) is 20.3 Å². The molecule has 0 radical (unpaired) electrons. The third-order valence-corrected chi connectivity index (χ3v) is 1.47. The van der Waals surface area contributed by atoms with Crippen LogP contribution in [0.15, 0.2) is 0 Å². The summed E-state index contributed by atoms with van der Waals surface area (Å²) in [5, 5.41) is 8.83. The maximum Gasteiger partial charge on any atom is 0.0512 e. The molecule has 62 valence electrons. The molecule has 0 aromatic heterocycles. The Labute approximate surface area is 63.2 Å². The number of aliphatic hydroxyl groups excluding tert-OH is 1. The molecule has 1 atom stereocenters. The van der Waals surface area contributed by atoms with Crippen molar-refractivity contribution in [3.8, 4) is 0 Å². The quantitative estimate of drug-likeness (QED) is 0.633. The molecule has 0 aliphatic rings. The molecule has 0 aromatic rings. The highest BCUT2D eigenvalue weighted by Crippen LogP contribution is 2.10. The number of rotatable bonds is 5. The van der Waals surface area contributed by atoms with E-state index in [0.717, 1.165) is 6.42 Å². The smallest absolute Gasteiger partial charge is 0.0512 e. The molecular weight excluding hydrogens is 128 g/mol. The lowest BCUT2D eigenvalue weighted by molar-refractivity contribution is 0.0979. The Kier molecular flexibility index (Phi) is 5.64. The first-order valence-corrected chi connectivity index (χ1v) is 3.80. The minimum absolute atomic E-state index is 0.242. The predicted molar refractivity (Wildman–Crippen MR) is 41.9 cm³/mol. The van der Waals surface area contributed by atoms with Crippen LogP contribution < -0.4 is 0 Å². The van der Waals surface area contributed by atoms with E-state index in [-0.39, 0.29) is 6.61 Å². The number of ether oxygens (including phenoxy) is 1. The molecule has 0 aliphatic carbocycles. The Bertz CT molecular complexity index is 71.7. The molecule has 10 heavy (non-hydrogen) atoms. The van der Waals surface area contributed by atoms with Gasteiger partial charge in [0.25, 0.3) is 0 Å². The van der Waals surface area contributed by atoms with Gasteiger partial charge in [-0.1, -0.05) is 13.8 Å². The third kappa shape index (κ3) is 4.77. The van der Waals surface area contributed by atoms with E-state index in [1.165, 1.54) is 0 Å². The molecule has 0 saturated carbocycles. The maximum absolute atomic E-state index is 8.83. The fourth-order valence-corrected chi connectivity index (χ4v) is 1.10. The van der Waals surface area contributed by atoms with Gasteiger partial charge < -0.3 is 9.84 Å². The van der Waals surface area contributed by atoms with E-state index in [4.69, 9.17) is 9.84 Å².